The highest BCUT2D eigenvalue weighted by Gasteiger charge is 2.38. The molecule has 1 fully saturated rings. The minimum atomic E-state index is 0.114. The first-order valence-corrected chi connectivity index (χ1v) is 5.92. The summed E-state index contributed by atoms with van der Waals surface area (Å²) in [4.78, 5) is 13.7. The van der Waals surface area contributed by atoms with Gasteiger partial charge in [-0.3, -0.25) is 4.79 Å². The van der Waals surface area contributed by atoms with Crippen LogP contribution < -0.4 is 0 Å². The molecule has 0 unspecified atom stereocenters. The van der Waals surface area contributed by atoms with Crippen LogP contribution in [0.15, 0.2) is 0 Å². The molecule has 0 aliphatic carbocycles. The van der Waals surface area contributed by atoms with Gasteiger partial charge in [0.25, 0.3) is 0 Å². The Hall–Kier alpha value is 0.170. The van der Waals surface area contributed by atoms with Gasteiger partial charge < -0.3 is 4.90 Å². The Labute approximate surface area is 90.9 Å². The van der Waals surface area contributed by atoms with Crippen molar-refractivity contribution < 1.29 is 4.79 Å². The first-order valence-electron chi connectivity index (χ1n) is 4.65. The minimum absolute atomic E-state index is 0.114. The van der Waals surface area contributed by atoms with Crippen LogP contribution in [0.25, 0.3) is 0 Å². The van der Waals surface area contributed by atoms with Gasteiger partial charge in [0, 0.05) is 29.5 Å². The Morgan fingerprint density at radius 1 is 1.46 bits per heavy atom. The number of likely N-dealkylation sites (tertiary alicyclic amines) is 1. The Morgan fingerprint density at radius 3 is 2.38 bits per heavy atom. The van der Waals surface area contributed by atoms with Crippen LogP contribution in [-0.4, -0.2) is 34.4 Å². The zero-order chi connectivity index (χ0) is 10.0. The van der Waals surface area contributed by atoms with Gasteiger partial charge in [0.1, 0.15) is 0 Å². The molecule has 0 aromatic carbocycles. The van der Waals surface area contributed by atoms with Gasteiger partial charge in [-0.15, -0.1) is 0 Å². The van der Waals surface area contributed by atoms with Crippen molar-refractivity contribution in [3.63, 3.8) is 0 Å². The van der Waals surface area contributed by atoms with Gasteiger partial charge >= 0.3 is 0 Å². The molecule has 1 heterocycles. The molecule has 0 aromatic heterocycles. The third kappa shape index (κ3) is 2.15. The summed E-state index contributed by atoms with van der Waals surface area (Å²) in [6, 6.07) is 0.600. The number of carbonyl (C=O) groups excluding carboxylic acids is 1. The molecule has 1 aliphatic heterocycles. The summed E-state index contributed by atoms with van der Waals surface area (Å²) < 4.78 is 0. The van der Waals surface area contributed by atoms with Crippen molar-refractivity contribution in [1.82, 2.24) is 4.90 Å². The number of thiol groups is 2. The maximum Gasteiger partial charge on any atom is 0.227 e. The summed E-state index contributed by atoms with van der Waals surface area (Å²) in [5.74, 6) is 1.78. The number of nitrogens with zero attached hydrogens (tertiary/aromatic N) is 1. The van der Waals surface area contributed by atoms with Gasteiger partial charge in [0.2, 0.25) is 5.91 Å². The molecule has 2 nitrogen and oxygen atoms in total. The van der Waals surface area contributed by atoms with E-state index in [1.165, 1.54) is 0 Å². The zero-order valence-electron chi connectivity index (χ0n) is 8.10. The van der Waals surface area contributed by atoms with E-state index in [2.05, 4.69) is 39.1 Å². The highest BCUT2D eigenvalue weighted by molar-refractivity contribution is 7.80. The van der Waals surface area contributed by atoms with E-state index in [9.17, 15) is 4.79 Å². The fourth-order valence-corrected chi connectivity index (χ4v) is 2.56. The van der Waals surface area contributed by atoms with E-state index in [0.717, 1.165) is 12.2 Å². The molecular weight excluding hydrogens is 202 g/mol. The SMILES string of the molecule is CC(C)N1C(=O)[C@H](CS)C[C@H]1CS. The third-order valence-corrected chi connectivity index (χ3v) is 3.40. The van der Waals surface area contributed by atoms with Gasteiger partial charge in [0.15, 0.2) is 0 Å². The van der Waals surface area contributed by atoms with E-state index >= 15 is 0 Å². The summed E-state index contributed by atoms with van der Waals surface area (Å²) in [6.07, 6.45) is 0.921. The fraction of sp³-hybridized carbons (Fsp3) is 0.889. The predicted molar refractivity (Wildman–Crippen MR) is 61.6 cm³/mol. The van der Waals surface area contributed by atoms with Crippen molar-refractivity contribution in [2.24, 2.45) is 5.92 Å². The first-order chi connectivity index (χ1) is 6.11. The van der Waals surface area contributed by atoms with Crippen molar-refractivity contribution in [2.75, 3.05) is 11.5 Å². The van der Waals surface area contributed by atoms with Crippen molar-refractivity contribution in [1.29, 1.82) is 0 Å². The number of hydrogen-bond donors (Lipinski definition) is 2. The molecule has 0 N–H and O–H groups in total. The highest BCUT2D eigenvalue weighted by atomic mass is 32.1. The van der Waals surface area contributed by atoms with E-state index in [-0.39, 0.29) is 17.9 Å². The molecule has 2 atom stereocenters. The standard InChI is InChI=1S/C9H17NOS2/c1-6(2)10-8(5-13)3-7(4-12)9(10)11/h6-8,12-13H,3-5H2,1-2H3/t7-,8-/m0/s1. The molecule has 0 bridgehead atoms. The molecular formula is C9H17NOS2. The maximum absolute atomic E-state index is 11.8. The molecule has 1 aliphatic rings. The molecule has 1 saturated heterocycles. The van der Waals surface area contributed by atoms with E-state index < -0.39 is 0 Å². The van der Waals surface area contributed by atoms with Gasteiger partial charge in [-0.05, 0) is 20.3 Å². The van der Waals surface area contributed by atoms with E-state index in [1.807, 2.05) is 4.90 Å². The summed E-state index contributed by atoms with van der Waals surface area (Å²) in [7, 11) is 0. The fourth-order valence-electron chi connectivity index (χ4n) is 1.92. The summed E-state index contributed by atoms with van der Waals surface area (Å²) in [6.45, 7) is 4.10. The van der Waals surface area contributed by atoms with Crippen LogP contribution in [0.5, 0.6) is 0 Å². The average molecular weight is 219 g/mol. The maximum atomic E-state index is 11.8. The van der Waals surface area contributed by atoms with Gasteiger partial charge in [-0.2, -0.15) is 25.3 Å². The Morgan fingerprint density at radius 2 is 2.08 bits per heavy atom. The number of rotatable bonds is 3. The Bertz CT molecular complexity index is 196. The Balaban J connectivity index is 2.74. The first kappa shape index (κ1) is 11.2. The smallest absolute Gasteiger partial charge is 0.227 e. The number of hydrogen-bond acceptors (Lipinski definition) is 3. The van der Waals surface area contributed by atoms with Crippen LogP contribution in [0.1, 0.15) is 20.3 Å². The lowest BCUT2D eigenvalue weighted by molar-refractivity contribution is -0.132. The van der Waals surface area contributed by atoms with Crippen LogP contribution >= 0.6 is 25.3 Å². The quantitative estimate of drug-likeness (QED) is 0.689. The van der Waals surface area contributed by atoms with Crippen molar-refractivity contribution >= 4 is 31.2 Å². The van der Waals surface area contributed by atoms with Gasteiger partial charge in [-0.25, -0.2) is 0 Å². The number of amides is 1. The highest BCUT2D eigenvalue weighted by Crippen LogP contribution is 2.28. The van der Waals surface area contributed by atoms with Crippen LogP contribution in [0.3, 0.4) is 0 Å². The largest absolute Gasteiger partial charge is 0.336 e. The molecule has 0 aromatic rings. The minimum Gasteiger partial charge on any atom is -0.336 e. The molecule has 0 spiro atoms. The second-order valence-electron chi connectivity index (χ2n) is 3.79. The molecule has 0 radical (unpaired) electrons. The zero-order valence-corrected chi connectivity index (χ0v) is 9.89. The van der Waals surface area contributed by atoms with Gasteiger partial charge in [-0.1, -0.05) is 0 Å². The van der Waals surface area contributed by atoms with E-state index in [4.69, 9.17) is 0 Å². The predicted octanol–water partition coefficient (Wildman–Crippen LogP) is 1.47. The molecule has 76 valence electrons. The van der Waals surface area contributed by atoms with Crippen LogP contribution in [0.2, 0.25) is 0 Å². The van der Waals surface area contributed by atoms with E-state index in [1.54, 1.807) is 0 Å². The molecule has 1 amide bonds. The third-order valence-electron chi connectivity index (χ3n) is 2.54. The monoisotopic (exact) mass is 219 g/mol. The second kappa shape index (κ2) is 4.60. The normalized spacial score (nSPS) is 29.0. The lowest BCUT2D eigenvalue weighted by atomic mass is 10.1. The van der Waals surface area contributed by atoms with Crippen molar-refractivity contribution in [3.8, 4) is 0 Å². The molecule has 1 rings (SSSR count). The van der Waals surface area contributed by atoms with Crippen LogP contribution in [0.4, 0.5) is 0 Å². The second-order valence-corrected chi connectivity index (χ2v) is 4.52. The van der Waals surface area contributed by atoms with Crippen LogP contribution in [-0.2, 0) is 4.79 Å². The lowest BCUT2D eigenvalue weighted by Gasteiger charge is -2.27. The van der Waals surface area contributed by atoms with Crippen molar-refractivity contribution in [2.45, 2.75) is 32.4 Å². The Kier molecular flexibility index (Phi) is 3.98. The summed E-state index contributed by atoms with van der Waals surface area (Å²) >= 11 is 8.46. The molecule has 4 heteroatoms. The van der Waals surface area contributed by atoms with E-state index in [0.29, 0.717) is 11.8 Å². The number of carbonyl (C=O) groups is 1. The summed E-state index contributed by atoms with van der Waals surface area (Å²) in [5.41, 5.74) is 0. The molecule has 0 saturated carbocycles. The van der Waals surface area contributed by atoms with Crippen molar-refractivity contribution in [3.05, 3.63) is 0 Å². The molecule has 13 heavy (non-hydrogen) atoms. The topological polar surface area (TPSA) is 20.3 Å². The lowest BCUT2D eigenvalue weighted by Crippen LogP contribution is -2.40. The summed E-state index contributed by atoms with van der Waals surface area (Å²) in [5, 5.41) is 0. The van der Waals surface area contributed by atoms with Gasteiger partial charge in [0.05, 0.1) is 0 Å². The average Bonchev–Trinajstić information content (AvgIpc) is 2.41. The van der Waals surface area contributed by atoms with Crippen LogP contribution in [0, 0.1) is 5.92 Å².